The highest BCUT2D eigenvalue weighted by Crippen LogP contribution is 2.29. The van der Waals surface area contributed by atoms with Crippen molar-refractivity contribution in [3.8, 4) is 0 Å². The minimum atomic E-state index is -0.911. The normalized spacial score (nSPS) is 14.8. The molecule has 3 aromatic rings. The molecule has 0 spiro atoms. The molecule has 0 aliphatic carbocycles. The number of nitrogens with zero attached hydrogens (tertiary/aromatic N) is 3. The van der Waals surface area contributed by atoms with Crippen LogP contribution in [-0.4, -0.2) is 51.8 Å². The molecule has 0 radical (unpaired) electrons. The maximum absolute atomic E-state index is 14.8. The van der Waals surface area contributed by atoms with Crippen LogP contribution in [0.1, 0.15) is 40.4 Å². The van der Waals surface area contributed by atoms with E-state index in [2.05, 4.69) is 4.98 Å². The molecule has 30 heavy (non-hydrogen) atoms. The van der Waals surface area contributed by atoms with Crippen molar-refractivity contribution in [3.63, 3.8) is 0 Å². The highest BCUT2D eigenvalue weighted by atomic mass is 19.1. The Morgan fingerprint density at radius 3 is 2.67 bits per heavy atom. The third-order valence-electron chi connectivity index (χ3n) is 5.69. The average Bonchev–Trinajstić information content (AvgIpc) is 3.16. The van der Waals surface area contributed by atoms with Crippen molar-refractivity contribution in [2.75, 3.05) is 20.2 Å². The van der Waals surface area contributed by atoms with Gasteiger partial charge in [0.15, 0.2) is 0 Å². The first-order valence-electron chi connectivity index (χ1n) is 9.75. The molecule has 1 aliphatic rings. The monoisotopic (exact) mass is 411 g/mol. The van der Waals surface area contributed by atoms with Gasteiger partial charge < -0.3 is 19.3 Å². The highest BCUT2D eigenvalue weighted by molar-refractivity contribution is 5.94. The van der Waals surface area contributed by atoms with Crippen LogP contribution in [0.25, 0.3) is 10.9 Å². The number of pyridine rings is 1. The second kappa shape index (κ2) is 8.14. The van der Waals surface area contributed by atoms with Crippen LogP contribution >= 0.6 is 0 Å². The number of fused-ring (bicyclic) bond motifs is 1. The van der Waals surface area contributed by atoms with Gasteiger partial charge in [-0.05, 0) is 54.7 Å². The quantitative estimate of drug-likeness (QED) is 0.659. The van der Waals surface area contributed by atoms with E-state index in [4.69, 9.17) is 9.84 Å². The lowest BCUT2D eigenvalue weighted by Crippen LogP contribution is -2.36. The predicted molar refractivity (Wildman–Crippen MR) is 108 cm³/mol. The first kappa shape index (κ1) is 19.9. The maximum atomic E-state index is 14.8. The number of rotatable bonds is 4. The molecule has 8 heteroatoms. The lowest BCUT2D eigenvalue weighted by atomic mass is 9.90. The van der Waals surface area contributed by atoms with Crippen LogP contribution in [0, 0.1) is 5.82 Å². The molecular formula is C22H22FN3O4. The van der Waals surface area contributed by atoms with Gasteiger partial charge in [-0.1, -0.05) is 0 Å². The van der Waals surface area contributed by atoms with Gasteiger partial charge in [-0.15, -0.1) is 0 Å². The van der Waals surface area contributed by atoms with Crippen molar-refractivity contribution >= 4 is 23.0 Å². The number of halogens is 1. The summed E-state index contributed by atoms with van der Waals surface area (Å²) < 4.78 is 21.4. The van der Waals surface area contributed by atoms with Gasteiger partial charge in [0, 0.05) is 36.4 Å². The molecule has 1 aromatic carbocycles. The molecule has 0 unspecified atom stereocenters. The van der Waals surface area contributed by atoms with E-state index in [1.807, 2.05) is 22.9 Å². The summed E-state index contributed by atoms with van der Waals surface area (Å²) in [6.07, 6.45) is 3.95. The van der Waals surface area contributed by atoms with Crippen LogP contribution in [0.4, 0.5) is 9.18 Å². The van der Waals surface area contributed by atoms with E-state index in [0.717, 1.165) is 16.5 Å². The van der Waals surface area contributed by atoms with Crippen molar-refractivity contribution in [2.45, 2.75) is 25.3 Å². The van der Waals surface area contributed by atoms with E-state index in [-0.39, 0.29) is 18.3 Å². The summed E-state index contributed by atoms with van der Waals surface area (Å²) in [7, 11) is 1.34. The van der Waals surface area contributed by atoms with E-state index in [1.165, 1.54) is 18.1 Å². The van der Waals surface area contributed by atoms with Crippen molar-refractivity contribution < 1.29 is 23.8 Å². The second-order valence-electron chi connectivity index (χ2n) is 7.45. The molecule has 1 N–H and O–H groups in total. The van der Waals surface area contributed by atoms with Crippen LogP contribution < -0.4 is 0 Å². The number of benzene rings is 1. The average molecular weight is 411 g/mol. The van der Waals surface area contributed by atoms with Gasteiger partial charge in [-0.3, -0.25) is 4.98 Å². The molecule has 0 saturated carbocycles. The van der Waals surface area contributed by atoms with Crippen molar-refractivity contribution in [2.24, 2.45) is 0 Å². The highest BCUT2D eigenvalue weighted by Gasteiger charge is 2.24. The summed E-state index contributed by atoms with van der Waals surface area (Å²) >= 11 is 0. The van der Waals surface area contributed by atoms with Gasteiger partial charge in [0.25, 0.3) is 0 Å². The predicted octanol–water partition coefficient (Wildman–Crippen LogP) is 3.87. The molecule has 4 rings (SSSR count). The summed E-state index contributed by atoms with van der Waals surface area (Å²) in [6, 6.07) is 8.62. The zero-order chi connectivity index (χ0) is 21.3. The Morgan fingerprint density at radius 2 is 2.00 bits per heavy atom. The van der Waals surface area contributed by atoms with Gasteiger partial charge in [-0.2, -0.15) is 0 Å². The summed E-state index contributed by atoms with van der Waals surface area (Å²) in [5, 5.41) is 9.92. The number of likely N-dealkylation sites (tertiary alicyclic amines) is 1. The molecule has 1 aliphatic heterocycles. The third kappa shape index (κ3) is 3.85. The van der Waals surface area contributed by atoms with Gasteiger partial charge in [-0.25, -0.2) is 14.0 Å². The Bertz CT molecular complexity index is 1100. The summed E-state index contributed by atoms with van der Waals surface area (Å²) in [5.74, 6) is -0.663. The Balaban J connectivity index is 1.50. The number of methoxy groups -OCH3 is 1. The van der Waals surface area contributed by atoms with Crippen molar-refractivity contribution in [3.05, 3.63) is 65.4 Å². The number of piperidine rings is 1. The Morgan fingerprint density at radius 1 is 1.23 bits per heavy atom. The van der Waals surface area contributed by atoms with E-state index < -0.39 is 12.1 Å². The van der Waals surface area contributed by atoms with E-state index in [0.29, 0.717) is 37.2 Å². The van der Waals surface area contributed by atoms with Crippen LogP contribution in [0.2, 0.25) is 0 Å². The molecule has 156 valence electrons. The Kier molecular flexibility index (Phi) is 5.39. The van der Waals surface area contributed by atoms with Gasteiger partial charge >= 0.3 is 12.1 Å². The Hall–Kier alpha value is -3.42. The lowest BCUT2D eigenvalue weighted by molar-refractivity contribution is 0.0601. The number of esters is 1. The van der Waals surface area contributed by atoms with Gasteiger partial charge in [0.2, 0.25) is 0 Å². The number of ether oxygens (including phenoxy) is 1. The number of carbonyl (C=O) groups excluding carboxylic acids is 1. The van der Waals surface area contributed by atoms with E-state index in [9.17, 15) is 14.0 Å². The minimum absolute atomic E-state index is 0.112. The summed E-state index contributed by atoms with van der Waals surface area (Å²) in [6.45, 7) is 1.17. The number of hydrogen-bond donors (Lipinski definition) is 1. The molecule has 0 atom stereocenters. The molecule has 2 aromatic heterocycles. The molecular weight excluding hydrogens is 389 g/mol. The molecule has 1 fully saturated rings. The summed E-state index contributed by atoms with van der Waals surface area (Å²) in [5.41, 5.74) is 2.47. The van der Waals surface area contributed by atoms with Gasteiger partial charge in [0.05, 0.1) is 24.9 Å². The first-order valence-corrected chi connectivity index (χ1v) is 9.75. The molecule has 1 amide bonds. The lowest BCUT2D eigenvalue weighted by Gasteiger charge is -2.30. The zero-order valence-electron chi connectivity index (χ0n) is 16.5. The molecule has 0 bridgehead atoms. The van der Waals surface area contributed by atoms with Crippen LogP contribution in [0.15, 0.2) is 42.7 Å². The first-order chi connectivity index (χ1) is 14.5. The zero-order valence-corrected chi connectivity index (χ0v) is 16.5. The molecule has 3 heterocycles. The summed E-state index contributed by atoms with van der Waals surface area (Å²) in [4.78, 5) is 28.5. The van der Waals surface area contributed by atoms with Crippen LogP contribution in [-0.2, 0) is 11.3 Å². The Labute approximate surface area is 172 Å². The molecule has 1 saturated heterocycles. The number of amides is 1. The number of carboxylic acid groups (broad SMARTS) is 1. The largest absolute Gasteiger partial charge is 0.465 e. The molecule has 7 nitrogen and oxygen atoms in total. The fourth-order valence-corrected chi connectivity index (χ4v) is 3.97. The number of hydrogen-bond acceptors (Lipinski definition) is 4. The standard InChI is InChI=1S/C22H22FN3O4/c1-30-21(27)16-2-3-20-15(10-16)6-9-26(20)13-19-18(23)11-17(12-24-19)14-4-7-25(8-5-14)22(28)29/h2-3,6,9-12,14H,4-5,7-8,13H2,1H3,(H,28,29). The van der Waals surface area contributed by atoms with Gasteiger partial charge in [0.1, 0.15) is 5.82 Å². The van der Waals surface area contributed by atoms with Crippen LogP contribution in [0.5, 0.6) is 0 Å². The van der Waals surface area contributed by atoms with Crippen molar-refractivity contribution in [1.29, 1.82) is 0 Å². The number of aromatic nitrogens is 2. The third-order valence-corrected chi connectivity index (χ3v) is 5.69. The topological polar surface area (TPSA) is 84.7 Å². The smallest absolute Gasteiger partial charge is 0.407 e. The SMILES string of the molecule is COC(=O)c1ccc2c(ccn2Cc2ncc(C3CCN(C(=O)O)CC3)cc2F)c1. The van der Waals surface area contributed by atoms with E-state index >= 15 is 0 Å². The van der Waals surface area contributed by atoms with Crippen molar-refractivity contribution in [1.82, 2.24) is 14.5 Å². The minimum Gasteiger partial charge on any atom is -0.465 e. The van der Waals surface area contributed by atoms with Crippen LogP contribution in [0.3, 0.4) is 0 Å². The fraction of sp³-hybridized carbons (Fsp3) is 0.318. The fourth-order valence-electron chi connectivity index (χ4n) is 3.97. The maximum Gasteiger partial charge on any atom is 0.407 e. The number of carbonyl (C=O) groups is 2. The van der Waals surface area contributed by atoms with E-state index in [1.54, 1.807) is 18.3 Å². The second-order valence-corrected chi connectivity index (χ2v) is 7.45.